The van der Waals surface area contributed by atoms with Gasteiger partial charge in [-0.05, 0) is 44.4 Å². The molecule has 3 atom stereocenters. The Morgan fingerprint density at radius 2 is 1.87 bits per heavy atom. The minimum absolute atomic E-state index is 0.0237. The third-order valence-corrected chi connectivity index (χ3v) is 5.30. The quantitative estimate of drug-likeness (QED) is 0.644. The number of aliphatic hydroxyl groups excluding tert-OH is 1. The number of aliphatic hydroxyl groups is 1. The summed E-state index contributed by atoms with van der Waals surface area (Å²) >= 11 is 0. The summed E-state index contributed by atoms with van der Waals surface area (Å²) in [5, 5.41) is 15.5. The average Bonchev–Trinajstić information content (AvgIpc) is 3.29. The predicted molar refractivity (Wildman–Crippen MR) is 84.6 cm³/mol. The van der Waals surface area contributed by atoms with Gasteiger partial charge in [-0.1, -0.05) is 6.42 Å². The Balaban J connectivity index is 1.41. The summed E-state index contributed by atoms with van der Waals surface area (Å²) in [6.07, 6.45) is 6.75. The van der Waals surface area contributed by atoms with Gasteiger partial charge >= 0.3 is 0 Å². The molecule has 0 unspecified atom stereocenters. The Hall–Kier alpha value is -1.14. The minimum atomic E-state index is -0.408. The van der Waals surface area contributed by atoms with Crippen LogP contribution in [0, 0.1) is 11.8 Å². The number of hydrogen-bond acceptors (Lipinski definition) is 4. The van der Waals surface area contributed by atoms with E-state index in [4.69, 9.17) is 4.74 Å². The van der Waals surface area contributed by atoms with Crippen molar-refractivity contribution in [3.05, 3.63) is 0 Å². The highest BCUT2D eigenvalue weighted by Gasteiger charge is 2.35. The molecule has 0 bridgehead atoms. The lowest BCUT2D eigenvalue weighted by Gasteiger charge is -2.37. The minimum Gasteiger partial charge on any atom is -0.394 e. The zero-order valence-corrected chi connectivity index (χ0v) is 13.6. The lowest BCUT2D eigenvalue weighted by molar-refractivity contribution is -0.138. The van der Waals surface area contributed by atoms with E-state index in [-0.39, 0.29) is 36.5 Å². The summed E-state index contributed by atoms with van der Waals surface area (Å²) < 4.78 is 5.85. The molecular formula is C17H28N2O4. The smallest absolute Gasteiger partial charge is 0.223 e. The molecule has 0 aromatic rings. The number of carbonyl (C=O) groups excluding carboxylic acids is 2. The summed E-state index contributed by atoms with van der Waals surface area (Å²) in [5.41, 5.74) is 0. The zero-order chi connectivity index (χ0) is 16.2. The van der Waals surface area contributed by atoms with Gasteiger partial charge in [-0.3, -0.25) is 9.59 Å². The molecule has 1 aliphatic heterocycles. The van der Waals surface area contributed by atoms with E-state index in [1.807, 2.05) is 0 Å². The number of rotatable bonds is 7. The molecule has 2 aliphatic carbocycles. The number of ether oxygens (including phenoxy) is 1. The van der Waals surface area contributed by atoms with Gasteiger partial charge < -0.3 is 20.5 Å². The van der Waals surface area contributed by atoms with Crippen LogP contribution in [0.1, 0.15) is 51.4 Å². The van der Waals surface area contributed by atoms with Crippen molar-refractivity contribution in [1.29, 1.82) is 0 Å². The van der Waals surface area contributed by atoms with Crippen LogP contribution in [0.25, 0.3) is 0 Å². The standard InChI is InChI=1S/C17H28N2O4/c20-10-15-14(19-17(22)12-2-1-3-12)7-6-13(23-15)8-16(21)18-9-11-4-5-11/h11-15,20H,1-10H2,(H,18,21)(H,19,22)/t13-,14-,15-/m1/s1. The molecular weight excluding hydrogens is 296 g/mol. The van der Waals surface area contributed by atoms with Crippen LogP contribution in [-0.4, -0.2) is 48.3 Å². The summed E-state index contributed by atoms with van der Waals surface area (Å²) in [7, 11) is 0. The topological polar surface area (TPSA) is 87.7 Å². The highest BCUT2D eigenvalue weighted by atomic mass is 16.5. The van der Waals surface area contributed by atoms with Crippen LogP contribution in [0.5, 0.6) is 0 Å². The summed E-state index contributed by atoms with van der Waals surface area (Å²) in [6.45, 7) is 0.644. The lowest BCUT2D eigenvalue weighted by Crippen LogP contribution is -2.53. The molecule has 2 amide bonds. The maximum atomic E-state index is 12.1. The Morgan fingerprint density at radius 1 is 1.09 bits per heavy atom. The lowest BCUT2D eigenvalue weighted by atomic mass is 9.84. The molecule has 130 valence electrons. The fourth-order valence-corrected chi connectivity index (χ4v) is 3.28. The van der Waals surface area contributed by atoms with E-state index < -0.39 is 6.10 Å². The normalized spacial score (nSPS) is 31.3. The third-order valence-electron chi connectivity index (χ3n) is 5.30. The van der Waals surface area contributed by atoms with Crippen molar-refractivity contribution >= 4 is 11.8 Å². The fraction of sp³-hybridized carbons (Fsp3) is 0.882. The van der Waals surface area contributed by atoms with Gasteiger partial charge in [-0.25, -0.2) is 0 Å². The van der Waals surface area contributed by atoms with E-state index in [1.165, 1.54) is 12.8 Å². The molecule has 1 saturated heterocycles. The van der Waals surface area contributed by atoms with Gasteiger partial charge in [0.1, 0.15) is 6.10 Å². The Kier molecular flexibility index (Phi) is 5.54. The fourth-order valence-electron chi connectivity index (χ4n) is 3.28. The van der Waals surface area contributed by atoms with E-state index in [2.05, 4.69) is 10.6 Å². The third kappa shape index (κ3) is 4.67. The van der Waals surface area contributed by atoms with Crippen LogP contribution in [-0.2, 0) is 14.3 Å². The van der Waals surface area contributed by atoms with E-state index in [0.29, 0.717) is 12.3 Å². The molecule has 3 rings (SSSR count). The van der Waals surface area contributed by atoms with Crippen LogP contribution in [0.3, 0.4) is 0 Å². The van der Waals surface area contributed by atoms with E-state index >= 15 is 0 Å². The first kappa shape index (κ1) is 16.7. The van der Waals surface area contributed by atoms with Crippen LogP contribution in [0.4, 0.5) is 0 Å². The molecule has 23 heavy (non-hydrogen) atoms. The molecule has 0 spiro atoms. The summed E-state index contributed by atoms with van der Waals surface area (Å²) in [5.74, 6) is 0.919. The maximum Gasteiger partial charge on any atom is 0.223 e. The molecule has 6 heteroatoms. The van der Waals surface area contributed by atoms with Crippen molar-refractivity contribution in [2.45, 2.75) is 69.6 Å². The Bertz CT molecular complexity index is 434. The van der Waals surface area contributed by atoms with Crippen LogP contribution in [0.15, 0.2) is 0 Å². The first-order chi connectivity index (χ1) is 11.2. The molecule has 1 heterocycles. The molecule has 0 aromatic carbocycles. The zero-order valence-electron chi connectivity index (χ0n) is 13.6. The highest BCUT2D eigenvalue weighted by Crippen LogP contribution is 2.29. The SMILES string of the molecule is O=C(C[C@H]1CC[C@@H](NC(=O)C2CCC2)[C@@H](CO)O1)NCC1CC1. The first-order valence-electron chi connectivity index (χ1n) is 8.99. The van der Waals surface area contributed by atoms with E-state index in [9.17, 15) is 14.7 Å². The molecule has 0 radical (unpaired) electrons. The van der Waals surface area contributed by atoms with E-state index in [0.717, 1.165) is 38.6 Å². The van der Waals surface area contributed by atoms with Crippen molar-refractivity contribution in [3.63, 3.8) is 0 Å². The van der Waals surface area contributed by atoms with Crippen molar-refractivity contribution < 1.29 is 19.4 Å². The van der Waals surface area contributed by atoms with Crippen LogP contribution in [0.2, 0.25) is 0 Å². The van der Waals surface area contributed by atoms with Gasteiger partial charge in [0.2, 0.25) is 11.8 Å². The second kappa shape index (κ2) is 7.62. The molecule has 0 aromatic heterocycles. The Morgan fingerprint density at radius 3 is 2.48 bits per heavy atom. The van der Waals surface area contributed by atoms with Gasteiger partial charge in [0.25, 0.3) is 0 Å². The average molecular weight is 324 g/mol. The molecule has 3 N–H and O–H groups in total. The number of amides is 2. The van der Waals surface area contributed by atoms with Crippen molar-refractivity contribution in [1.82, 2.24) is 10.6 Å². The van der Waals surface area contributed by atoms with Crippen LogP contribution >= 0.6 is 0 Å². The molecule has 3 aliphatic rings. The second-order valence-electron chi connectivity index (χ2n) is 7.25. The van der Waals surface area contributed by atoms with Gasteiger partial charge in [-0.15, -0.1) is 0 Å². The van der Waals surface area contributed by atoms with Crippen molar-refractivity contribution in [2.75, 3.05) is 13.2 Å². The number of hydrogen-bond donors (Lipinski definition) is 3. The van der Waals surface area contributed by atoms with Gasteiger partial charge in [-0.2, -0.15) is 0 Å². The summed E-state index contributed by atoms with van der Waals surface area (Å²) in [4.78, 5) is 24.0. The number of carbonyl (C=O) groups is 2. The largest absolute Gasteiger partial charge is 0.394 e. The maximum absolute atomic E-state index is 12.1. The van der Waals surface area contributed by atoms with Gasteiger partial charge in [0.15, 0.2) is 0 Å². The summed E-state index contributed by atoms with van der Waals surface area (Å²) in [6, 6.07) is -0.140. The molecule has 3 fully saturated rings. The van der Waals surface area contributed by atoms with Crippen molar-refractivity contribution in [2.24, 2.45) is 11.8 Å². The molecule has 6 nitrogen and oxygen atoms in total. The number of nitrogens with one attached hydrogen (secondary N) is 2. The van der Waals surface area contributed by atoms with Gasteiger partial charge in [0, 0.05) is 12.5 Å². The van der Waals surface area contributed by atoms with Crippen LogP contribution < -0.4 is 10.6 Å². The Labute approximate surface area is 137 Å². The second-order valence-corrected chi connectivity index (χ2v) is 7.25. The first-order valence-corrected chi connectivity index (χ1v) is 8.99. The highest BCUT2D eigenvalue weighted by molar-refractivity contribution is 5.79. The predicted octanol–water partition coefficient (Wildman–Crippen LogP) is 0.727. The van der Waals surface area contributed by atoms with E-state index in [1.54, 1.807) is 0 Å². The molecule has 2 saturated carbocycles. The van der Waals surface area contributed by atoms with Gasteiger partial charge in [0.05, 0.1) is 25.2 Å². The monoisotopic (exact) mass is 324 g/mol. The van der Waals surface area contributed by atoms with Crippen molar-refractivity contribution in [3.8, 4) is 0 Å².